The molecule has 0 aliphatic carbocycles. The molecule has 0 fully saturated rings. The maximum Gasteiger partial charge on any atom is 0.242 e. The van der Waals surface area contributed by atoms with Crippen LogP contribution in [0.5, 0.6) is 5.75 Å². The van der Waals surface area contributed by atoms with Crippen molar-refractivity contribution >= 4 is 22.6 Å². The van der Waals surface area contributed by atoms with E-state index >= 15 is 0 Å². The van der Waals surface area contributed by atoms with E-state index in [-0.39, 0.29) is 11.8 Å². The summed E-state index contributed by atoms with van der Waals surface area (Å²) in [6.45, 7) is 4.75. The zero-order valence-electron chi connectivity index (χ0n) is 19.1. The fourth-order valence-electron chi connectivity index (χ4n) is 3.84. The molecular formula is C27H32N2O3. The summed E-state index contributed by atoms with van der Waals surface area (Å²) in [4.78, 5) is 27.7. The number of fused-ring (bicyclic) bond motifs is 1. The lowest BCUT2D eigenvalue weighted by atomic mass is 10.0. The van der Waals surface area contributed by atoms with Gasteiger partial charge in [-0.1, -0.05) is 61.5 Å². The van der Waals surface area contributed by atoms with Gasteiger partial charge in [-0.15, -0.1) is 0 Å². The van der Waals surface area contributed by atoms with Gasteiger partial charge in [0.1, 0.15) is 11.8 Å². The third-order valence-electron chi connectivity index (χ3n) is 5.69. The Morgan fingerprint density at radius 3 is 2.56 bits per heavy atom. The van der Waals surface area contributed by atoms with E-state index in [0.29, 0.717) is 25.9 Å². The van der Waals surface area contributed by atoms with Gasteiger partial charge >= 0.3 is 0 Å². The van der Waals surface area contributed by atoms with Crippen LogP contribution in [-0.4, -0.2) is 36.4 Å². The van der Waals surface area contributed by atoms with Crippen molar-refractivity contribution in [2.75, 3.05) is 13.7 Å². The number of nitrogens with zero attached hydrogens (tertiary/aromatic N) is 1. The number of aryl methyl sites for hydroxylation is 1. The molecule has 0 heterocycles. The van der Waals surface area contributed by atoms with Gasteiger partial charge in [0.05, 0.1) is 7.11 Å². The van der Waals surface area contributed by atoms with Crippen molar-refractivity contribution in [2.24, 2.45) is 0 Å². The number of benzene rings is 3. The lowest BCUT2D eigenvalue weighted by Gasteiger charge is -2.29. The maximum absolute atomic E-state index is 13.3. The molecule has 1 N–H and O–H groups in total. The molecule has 0 aliphatic heterocycles. The summed E-state index contributed by atoms with van der Waals surface area (Å²) in [5.41, 5.74) is 2.07. The molecule has 0 radical (unpaired) electrons. The number of hydrogen-bond acceptors (Lipinski definition) is 3. The second-order valence-electron chi connectivity index (χ2n) is 7.98. The Morgan fingerprint density at radius 1 is 1.03 bits per heavy atom. The van der Waals surface area contributed by atoms with Crippen molar-refractivity contribution in [2.45, 2.75) is 45.7 Å². The molecule has 5 heteroatoms. The average molecular weight is 433 g/mol. The largest absolute Gasteiger partial charge is 0.497 e. The minimum atomic E-state index is -0.562. The minimum Gasteiger partial charge on any atom is -0.497 e. The fraction of sp³-hybridized carbons (Fsp3) is 0.333. The molecule has 5 nitrogen and oxygen atoms in total. The van der Waals surface area contributed by atoms with Gasteiger partial charge in [-0.25, -0.2) is 0 Å². The normalized spacial score (nSPS) is 11.7. The molecule has 0 aliphatic rings. The molecule has 2 amide bonds. The van der Waals surface area contributed by atoms with Crippen LogP contribution < -0.4 is 10.1 Å². The van der Waals surface area contributed by atoms with E-state index in [1.165, 1.54) is 0 Å². The Kier molecular flexibility index (Phi) is 8.26. The second kappa shape index (κ2) is 11.3. The van der Waals surface area contributed by atoms with Gasteiger partial charge < -0.3 is 15.0 Å². The molecule has 168 valence electrons. The van der Waals surface area contributed by atoms with Gasteiger partial charge in [-0.3, -0.25) is 9.59 Å². The van der Waals surface area contributed by atoms with Crippen LogP contribution in [-0.2, 0) is 22.6 Å². The quantitative estimate of drug-likeness (QED) is 0.504. The summed E-state index contributed by atoms with van der Waals surface area (Å²) >= 11 is 0. The molecule has 1 atom stereocenters. The highest BCUT2D eigenvalue weighted by molar-refractivity contribution is 5.88. The average Bonchev–Trinajstić information content (AvgIpc) is 2.84. The van der Waals surface area contributed by atoms with E-state index in [4.69, 9.17) is 4.74 Å². The fourth-order valence-corrected chi connectivity index (χ4v) is 3.84. The Balaban J connectivity index is 1.79. The van der Waals surface area contributed by atoms with Gasteiger partial charge in [-0.05, 0) is 53.8 Å². The molecule has 3 rings (SSSR count). The van der Waals surface area contributed by atoms with Crippen LogP contribution in [0, 0.1) is 0 Å². The van der Waals surface area contributed by atoms with Crippen LogP contribution >= 0.6 is 0 Å². The summed E-state index contributed by atoms with van der Waals surface area (Å²) in [6.07, 6.45) is 1.81. The molecule has 0 spiro atoms. The maximum atomic E-state index is 13.3. The van der Waals surface area contributed by atoms with Crippen molar-refractivity contribution in [3.05, 3.63) is 77.9 Å². The van der Waals surface area contributed by atoms with Crippen molar-refractivity contribution < 1.29 is 14.3 Å². The lowest BCUT2D eigenvalue weighted by Crippen LogP contribution is -2.47. The lowest BCUT2D eigenvalue weighted by molar-refractivity contribution is -0.140. The molecule has 32 heavy (non-hydrogen) atoms. The van der Waals surface area contributed by atoms with Crippen LogP contribution in [0.1, 0.15) is 37.8 Å². The molecule has 0 saturated heterocycles. The number of methoxy groups -OCH3 is 1. The van der Waals surface area contributed by atoms with E-state index in [9.17, 15) is 9.59 Å². The van der Waals surface area contributed by atoms with Gasteiger partial charge in [0.2, 0.25) is 11.8 Å². The zero-order valence-corrected chi connectivity index (χ0v) is 19.1. The highest BCUT2D eigenvalue weighted by Crippen LogP contribution is 2.21. The Bertz CT molecular complexity index is 1060. The molecular weight excluding hydrogens is 400 g/mol. The van der Waals surface area contributed by atoms with E-state index in [1.54, 1.807) is 18.9 Å². The van der Waals surface area contributed by atoms with Gasteiger partial charge in [-0.2, -0.15) is 0 Å². The molecule has 0 bridgehead atoms. The van der Waals surface area contributed by atoms with E-state index in [2.05, 4.69) is 29.6 Å². The first-order valence-electron chi connectivity index (χ1n) is 11.2. The predicted octanol–water partition coefficient (Wildman–Crippen LogP) is 4.72. The molecule has 0 saturated carbocycles. The van der Waals surface area contributed by atoms with Gasteiger partial charge in [0.15, 0.2) is 0 Å². The molecule has 1 unspecified atom stereocenters. The summed E-state index contributed by atoms with van der Waals surface area (Å²) in [6, 6.07) is 21.4. The monoisotopic (exact) mass is 432 g/mol. The number of nitrogens with one attached hydrogen (secondary N) is 1. The van der Waals surface area contributed by atoms with Gasteiger partial charge in [0, 0.05) is 19.5 Å². The zero-order chi connectivity index (χ0) is 22.9. The third-order valence-corrected chi connectivity index (χ3v) is 5.69. The first kappa shape index (κ1) is 23.3. The molecule has 0 aromatic heterocycles. The number of carbonyl (C=O) groups is 2. The standard InChI is InChI=1S/C27H32N2O3/c1-4-17-28-27(31)20(2)29(19-21-9-7-13-24(18-21)32-3)26(30)16-15-23-12-8-11-22-10-5-6-14-25(22)23/h5-14,18,20H,4,15-17,19H2,1-3H3,(H,28,31). The highest BCUT2D eigenvalue weighted by atomic mass is 16.5. The Hall–Kier alpha value is -3.34. The Labute approximate surface area is 190 Å². The second-order valence-corrected chi connectivity index (χ2v) is 7.98. The number of ether oxygens (including phenoxy) is 1. The first-order valence-corrected chi connectivity index (χ1v) is 11.2. The topological polar surface area (TPSA) is 58.6 Å². The number of amides is 2. The van der Waals surface area contributed by atoms with Crippen LogP contribution in [0.2, 0.25) is 0 Å². The van der Waals surface area contributed by atoms with E-state index in [0.717, 1.165) is 34.1 Å². The number of carbonyl (C=O) groups excluding carboxylic acids is 2. The Morgan fingerprint density at radius 2 is 1.78 bits per heavy atom. The minimum absolute atomic E-state index is 0.0418. The summed E-state index contributed by atoms with van der Waals surface area (Å²) in [7, 11) is 1.62. The van der Waals surface area contributed by atoms with Crippen molar-refractivity contribution in [1.29, 1.82) is 0 Å². The number of rotatable bonds is 10. The molecule has 3 aromatic carbocycles. The van der Waals surface area contributed by atoms with Gasteiger partial charge in [0.25, 0.3) is 0 Å². The van der Waals surface area contributed by atoms with E-state index in [1.807, 2.05) is 49.4 Å². The van der Waals surface area contributed by atoms with Crippen molar-refractivity contribution in [3.8, 4) is 5.75 Å². The summed E-state index contributed by atoms with van der Waals surface area (Å²) < 4.78 is 5.32. The van der Waals surface area contributed by atoms with Crippen LogP contribution in [0.15, 0.2) is 66.7 Å². The SMILES string of the molecule is CCCNC(=O)C(C)N(Cc1cccc(OC)c1)C(=O)CCc1cccc2ccccc12. The molecule has 3 aromatic rings. The first-order chi connectivity index (χ1) is 15.5. The van der Waals surface area contributed by atoms with Crippen molar-refractivity contribution in [3.63, 3.8) is 0 Å². The smallest absolute Gasteiger partial charge is 0.242 e. The summed E-state index contributed by atoms with van der Waals surface area (Å²) in [5.74, 6) is 0.557. The predicted molar refractivity (Wildman–Crippen MR) is 129 cm³/mol. The third kappa shape index (κ3) is 5.88. The van der Waals surface area contributed by atoms with Crippen LogP contribution in [0.25, 0.3) is 10.8 Å². The number of hydrogen-bond donors (Lipinski definition) is 1. The summed E-state index contributed by atoms with van der Waals surface area (Å²) in [5, 5.41) is 5.24. The van der Waals surface area contributed by atoms with Crippen molar-refractivity contribution in [1.82, 2.24) is 10.2 Å². The van der Waals surface area contributed by atoms with Crippen LogP contribution in [0.3, 0.4) is 0 Å². The van der Waals surface area contributed by atoms with Crippen LogP contribution in [0.4, 0.5) is 0 Å². The highest BCUT2D eigenvalue weighted by Gasteiger charge is 2.26. The van der Waals surface area contributed by atoms with E-state index < -0.39 is 6.04 Å².